The molecule has 0 saturated heterocycles. The van der Waals surface area contributed by atoms with Crippen LogP contribution in [0.2, 0.25) is 0 Å². The largest absolute Gasteiger partial charge is 0.491 e. The number of aliphatic hydroxyl groups is 2. The molecule has 0 aliphatic heterocycles. The van der Waals surface area contributed by atoms with Gasteiger partial charge in [-0.2, -0.15) is 0 Å². The summed E-state index contributed by atoms with van der Waals surface area (Å²) in [6.07, 6.45) is -1.88. The second-order valence-electron chi connectivity index (χ2n) is 8.29. The van der Waals surface area contributed by atoms with Crippen molar-refractivity contribution in [2.24, 2.45) is 0 Å². The number of ketones is 1. The number of ether oxygens (including phenoxy) is 3. The van der Waals surface area contributed by atoms with Crippen LogP contribution in [0, 0.1) is 0 Å². The van der Waals surface area contributed by atoms with E-state index in [2.05, 4.69) is 0 Å². The normalized spacial score (nSPS) is 14.9. The fourth-order valence-electron chi connectivity index (χ4n) is 3.01. The van der Waals surface area contributed by atoms with Crippen LogP contribution in [0.4, 0.5) is 0 Å². The molecule has 3 atom stereocenters. The first-order valence-electron chi connectivity index (χ1n) is 10.7. The molecule has 0 amide bonds. The summed E-state index contributed by atoms with van der Waals surface area (Å²) >= 11 is 0. The second kappa shape index (κ2) is 11.8. The number of carbonyl (C=O) groups excluding carboxylic acids is 1. The highest BCUT2D eigenvalue weighted by Gasteiger charge is 2.28. The third-order valence-corrected chi connectivity index (χ3v) is 5.02. The lowest BCUT2D eigenvalue weighted by Crippen LogP contribution is -2.29. The molecule has 0 aromatic heterocycles. The quantitative estimate of drug-likeness (QED) is 0.417. The Labute approximate surface area is 193 Å². The molecule has 2 aromatic rings. The van der Waals surface area contributed by atoms with E-state index in [1.807, 2.05) is 0 Å². The Hall–Kier alpha value is -2.94. The molecule has 0 radical (unpaired) electrons. The first-order chi connectivity index (χ1) is 15.5. The van der Waals surface area contributed by atoms with E-state index in [-0.39, 0.29) is 31.5 Å². The van der Waals surface area contributed by atoms with Crippen molar-refractivity contribution >= 4 is 11.8 Å². The number of Topliss-reactive ketones (excluding diaryl/α,β-unsaturated/α-hetero) is 1. The Balaban J connectivity index is 1.86. The summed E-state index contributed by atoms with van der Waals surface area (Å²) in [6, 6.07) is 13.4. The minimum Gasteiger partial charge on any atom is -0.491 e. The van der Waals surface area contributed by atoms with E-state index < -0.39 is 23.8 Å². The van der Waals surface area contributed by atoms with E-state index in [0.717, 1.165) is 5.56 Å². The molecule has 0 saturated carbocycles. The molecular formula is C25H32O8. The first-order valence-corrected chi connectivity index (χ1v) is 10.7. The fraction of sp³-hybridized carbons (Fsp3) is 0.440. The van der Waals surface area contributed by atoms with E-state index >= 15 is 0 Å². The van der Waals surface area contributed by atoms with Gasteiger partial charge in [-0.25, -0.2) is 4.79 Å². The second-order valence-corrected chi connectivity index (χ2v) is 8.29. The van der Waals surface area contributed by atoms with Gasteiger partial charge in [0.2, 0.25) is 0 Å². The number of hydrogen-bond acceptors (Lipinski definition) is 7. The van der Waals surface area contributed by atoms with E-state index in [1.165, 1.54) is 13.8 Å². The zero-order chi connectivity index (χ0) is 24.6. The van der Waals surface area contributed by atoms with Crippen LogP contribution in [-0.4, -0.2) is 58.6 Å². The van der Waals surface area contributed by atoms with E-state index in [4.69, 9.17) is 14.2 Å². The molecule has 0 fully saturated rings. The summed E-state index contributed by atoms with van der Waals surface area (Å²) in [5, 5.41) is 29.7. The Morgan fingerprint density at radius 1 is 1.00 bits per heavy atom. The number of benzene rings is 2. The van der Waals surface area contributed by atoms with Crippen molar-refractivity contribution in [2.75, 3.05) is 13.2 Å². The van der Waals surface area contributed by atoms with Crippen LogP contribution in [-0.2, 0) is 26.3 Å². The zero-order valence-corrected chi connectivity index (χ0v) is 19.4. The van der Waals surface area contributed by atoms with Crippen LogP contribution < -0.4 is 9.47 Å². The van der Waals surface area contributed by atoms with Gasteiger partial charge in [0.1, 0.15) is 36.4 Å². The summed E-state index contributed by atoms with van der Waals surface area (Å²) < 4.78 is 16.6. The summed E-state index contributed by atoms with van der Waals surface area (Å²) in [5.41, 5.74) is -0.367. The highest BCUT2D eigenvalue weighted by atomic mass is 16.5. The van der Waals surface area contributed by atoms with Gasteiger partial charge < -0.3 is 29.5 Å². The monoisotopic (exact) mass is 460 g/mol. The van der Waals surface area contributed by atoms with Crippen LogP contribution in [0.1, 0.15) is 38.8 Å². The average Bonchev–Trinajstić information content (AvgIpc) is 2.76. The maximum Gasteiger partial charge on any atom is 0.333 e. The first kappa shape index (κ1) is 26.3. The average molecular weight is 461 g/mol. The number of carboxylic acid groups (broad SMARTS) is 1. The lowest BCUT2D eigenvalue weighted by Gasteiger charge is -2.20. The molecule has 180 valence electrons. The summed E-state index contributed by atoms with van der Waals surface area (Å²) in [7, 11) is 0. The third-order valence-electron chi connectivity index (χ3n) is 5.02. The fourth-order valence-corrected chi connectivity index (χ4v) is 3.01. The van der Waals surface area contributed by atoms with Gasteiger partial charge in [0.25, 0.3) is 0 Å². The molecule has 2 rings (SSSR count). The van der Waals surface area contributed by atoms with Crippen molar-refractivity contribution in [1.29, 1.82) is 0 Å². The third kappa shape index (κ3) is 8.16. The molecule has 0 heterocycles. The van der Waals surface area contributed by atoms with E-state index in [9.17, 15) is 24.9 Å². The molecule has 0 spiro atoms. The molecule has 2 aromatic carbocycles. The molecule has 8 heteroatoms. The predicted molar refractivity (Wildman–Crippen MR) is 121 cm³/mol. The van der Waals surface area contributed by atoms with Gasteiger partial charge in [0.05, 0.1) is 6.10 Å². The number of carboxylic acids is 1. The Morgan fingerprint density at radius 2 is 1.61 bits per heavy atom. The van der Waals surface area contributed by atoms with Gasteiger partial charge in [0.15, 0.2) is 11.9 Å². The van der Waals surface area contributed by atoms with Crippen molar-refractivity contribution in [3.8, 4) is 11.5 Å². The smallest absolute Gasteiger partial charge is 0.333 e. The van der Waals surface area contributed by atoms with Crippen LogP contribution in [0.15, 0.2) is 48.5 Å². The van der Waals surface area contributed by atoms with Crippen molar-refractivity contribution in [2.45, 2.75) is 58.0 Å². The topological polar surface area (TPSA) is 123 Å². The van der Waals surface area contributed by atoms with Crippen LogP contribution in [0.25, 0.3) is 0 Å². The molecule has 0 bridgehead atoms. The highest BCUT2D eigenvalue weighted by molar-refractivity contribution is 5.85. The maximum atomic E-state index is 11.5. The maximum absolute atomic E-state index is 11.5. The van der Waals surface area contributed by atoms with Gasteiger partial charge in [0, 0.05) is 6.42 Å². The van der Waals surface area contributed by atoms with Gasteiger partial charge in [-0.3, -0.25) is 4.79 Å². The minimum atomic E-state index is -1.56. The van der Waals surface area contributed by atoms with Crippen LogP contribution >= 0.6 is 0 Å². The molecule has 0 aliphatic rings. The number of carbonyl (C=O) groups is 2. The minimum absolute atomic E-state index is 0.0224. The number of rotatable bonds is 13. The molecule has 0 aliphatic carbocycles. The summed E-state index contributed by atoms with van der Waals surface area (Å²) in [6.45, 7) is 6.27. The Kier molecular flexibility index (Phi) is 9.40. The summed E-state index contributed by atoms with van der Waals surface area (Å²) in [5.74, 6) is -0.417. The lowest BCUT2D eigenvalue weighted by atomic mass is 9.92. The van der Waals surface area contributed by atoms with Crippen molar-refractivity contribution in [3.05, 3.63) is 59.7 Å². The Morgan fingerprint density at radius 3 is 2.15 bits per heavy atom. The van der Waals surface area contributed by atoms with Crippen LogP contribution in [0.5, 0.6) is 11.5 Å². The zero-order valence-electron chi connectivity index (χ0n) is 19.4. The van der Waals surface area contributed by atoms with Crippen molar-refractivity contribution in [3.63, 3.8) is 0 Å². The lowest BCUT2D eigenvalue weighted by molar-refractivity contribution is -0.153. The van der Waals surface area contributed by atoms with Gasteiger partial charge in [-0.05, 0) is 63.1 Å². The molecule has 8 nitrogen and oxygen atoms in total. The molecular weight excluding hydrogens is 428 g/mol. The SMILES string of the molecule is CC(=O)C(C)(O)c1ccc(OCC(O)COc2cccc(CC(OC(C)C)C(=O)O)c2)cc1. The highest BCUT2D eigenvalue weighted by Crippen LogP contribution is 2.24. The Bertz CT molecular complexity index is 920. The number of hydrogen-bond donors (Lipinski definition) is 3. The van der Waals surface area contributed by atoms with E-state index in [1.54, 1.807) is 62.4 Å². The molecule has 3 N–H and O–H groups in total. The van der Waals surface area contributed by atoms with Crippen LogP contribution in [0.3, 0.4) is 0 Å². The van der Waals surface area contributed by atoms with Gasteiger partial charge in [-0.1, -0.05) is 24.3 Å². The molecule has 33 heavy (non-hydrogen) atoms. The predicted octanol–water partition coefficient (Wildman–Crippen LogP) is 2.72. The number of aliphatic hydroxyl groups excluding tert-OH is 1. The van der Waals surface area contributed by atoms with Gasteiger partial charge >= 0.3 is 5.97 Å². The number of aliphatic carboxylic acids is 1. The summed E-state index contributed by atoms with van der Waals surface area (Å²) in [4.78, 5) is 22.9. The van der Waals surface area contributed by atoms with Crippen molar-refractivity contribution in [1.82, 2.24) is 0 Å². The van der Waals surface area contributed by atoms with Crippen molar-refractivity contribution < 1.29 is 39.1 Å². The molecule has 3 unspecified atom stereocenters. The van der Waals surface area contributed by atoms with E-state index in [0.29, 0.717) is 17.1 Å². The standard InChI is InChI=1S/C25H32O8/c1-16(2)33-23(24(28)29)13-18-6-5-7-22(12-18)32-15-20(27)14-31-21-10-8-19(9-11-21)25(4,30)17(3)26/h5-12,16,20,23,27,30H,13-15H2,1-4H3,(H,28,29). The van der Waals surface area contributed by atoms with Gasteiger partial charge in [-0.15, -0.1) is 0 Å².